The quantitative estimate of drug-likeness (QED) is 0.867. The molecule has 0 radical (unpaired) electrons. The summed E-state index contributed by atoms with van der Waals surface area (Å²) in [6.45, 7) is 2.13. The fourth-order valence-corrected chi connectivity index (χ4v) is 2.90. The van der Waals surface area contributed by atoms with Gasteiger partial charge in [0.05, 0.1) is 19.3 Å². The number of nitrogens with one attached hydrogen (secondary N) is 1. The van der Waals surface area contributed by atoms with E-state index in [4.69, 9.17) is 9.15 Å². The van der Waals surface area contributed by atoms with E-state index in [1.165, 1.54) is 0 Å². The normalized spacial score (nSPS) is 17.5. The third-order valence-electron chi connectivity index (χ3n) is 4.20. The minimum Gasteiger partial charge on any atom is -0.480 e. The van der Waals surface area contributed by atoms with Gasteiger partial charge in [-0.05, 0) is 31.0 Å². The molecule has 1 saturated heterocycles. The monoisotopic (exact) mass is 330 g/mol. The molecule has 1 N–H and O–H groups in total. The second kappa shape index (κ2) is 7.81. The first-order valence-corrected chi connectivity index (χ1v) is 8.19. The highest BCUT2D eigenvalue weighted by molar-refractivity contribution is 5.79. The molecule has 7 heteroatoms. The number of furan rings is 1. The van der Waals surface area contributed by atoms with Crippen molar-refractivity contribution < 1.29 is 13.9 Å². The molecule has 7 nitrogen and oxygen atoms in total. The molecule has 0 saturated carbocycles. The van der Waals surface area contributed by atoms with Gasteiger partial charge in [-0.2, -0.15) is 0 Å². The van der Waals surface area contributed by atoms with Crippen molar-refractivity contribution in [2.45, 2.75) is 19.3 Å². The maximum absolute atomic E-state index is 12.4. The summed E-state index contributed by atoms with van der Waals surface area (Å²) in [5.41, 5.74) is 0. The third-order valence-corrected chi connectivity index (χ3v) is 4.20. The smallest absolute Gasteiger partial charge is 0.233 e. The molecule has 0 aliphatic carbocycles. The molecule has 3 heterocycles. The third kappa shape index (κ3) is 4.04. The summed E-state index contributed by atoms with van der Waals surface area (Å²) in [5, 5.41) is 11.2. The van der Waals surface area contributed by atoms with Crippen molar-refractivity contribution >= 4 is 11.7 Å². The number of piperidine rings is 1. The second-order valence-electron chi connectivity index (χ2n) is 5.84. The highest BCUT2D eigenvalue weighted by Crippen LogP contribution is 2.22. The maximum atomic E-state index is 12.4. The van der Waals surface area contributed by atoms with Crippen LogP contribution in [0.5, 0.6) is 5.88 Å². The van der Waals surface area contributed by atoms with Crippen molar-refractivity contribution in [3.05, 3.63) is 36.3 Å². The Labute approximate surface area is 141 Å². The van der Waals surface area contributed by atoms with E-state index >= 15 is 0 Å². The number of methoxy groups -OCH3 is 1. The van der Waals surface area contributed by atoms with E-state index in [1.54, 1.807) is 19.4 Å². The van der Waals surface area contributed by atoms with Crippen LogP contribution in [0.15, 0.2) is 34.9 Å². The van der Waals surface area contributed by atoms with Crippen molar-refractivity contribution in [3.8, 4) is 5.88 Å². The van der Waals surface area contributed by atoms with E-state index in [1.807, 2.05) is 18.2 Å². The molecule has 2 aromatic rings. The molecule has 0 spiro atoms. The Balaban J connectivity index is 1.51. The van der Waals surface area contributed by atoms with Gasteiger partial charge in [-0.15, -0.1) is 10.2 Å². The van der Waals surface area contributed by atoms with Crippen LogP contribution in [0.25, 0.3) is 0 Å². The van der Waals surface area contributed by atoms with E-state index in [9.17, 15) is 4.79 Å². The number of hydrogen-bond acceptors (Lipinski definition) is 6. The molecule has 2 aromatic heterocycles. The van der Waals surface area contributed by atoms with Crippen molar-refractivity contribution in [2.24, 2.45) is 5.92 Å². The molecule has 24 heavy (non-hydrogen) atoms. The molecular weight excluding hydrogens is 308 g/mol. The van der Waals surface area contributed by atoms with Gasteiger partial charge < -0.3 is 19.4 Å². The van der Waals surface area contributed by atoms with Gasteiger partial charge in [0.15, 0.2) is 5.82 Å². The number of hydrogen-bond donors (Lipinski definition) is 1. The van der Waals surface area contributed by atoms with Gasteiger partial charge in [-0.3, -0.25) is 4.79 Å². The summed E-state index contributed by atoms with van der Waals surface area (Å²) in [4.78, 5) is 14.5. The molecule has 1 aliphatic rings. The van der Waals surface area contributed by atoms with E-state index in [0.29, 0.717) is 25.4 Å². The minimum absolute atomic E-state index is 0.0285. The summed E-state index contributed by atoms with van der Waals surface area (Å²) in [6, 6.07) is 7.43. The fraction of sp³-hybridized carbons (Fsp3) is 0.471. The SMILES string of the molecule is COc1ccc(N2CCC[C@@H](C(=O)NCCc3ccco3)C2)nn1. The standard InChI is InChI=1S/C17H22N4O3/c1-23-16-7-6-15(19-20-16)21-10-2-4-13(12-21)17(22)18-9-8-14-5-3-11-24-14/h3,5-7,11,13H,2,4,8-10,12H2,1H3,(H,18,22)/t13-/m1/s1. The molecule has 1 atom stereocenters. The lowest BCUT2D eigenvalue weighted by Gasteiger charge is -2.32. The lowest BCUT2D eigenvalue weighted by Crippen LogP contribution is -2.43. The number of rotatable bonds is 6. The summed E-state index contributed by atoms with van der Waals surface area (Å²) >= 11 is 0. The van der Waals surface area contributed by atoms with Crippen molar-refractivity contribution in [1.29, 1.82) is 0 Å². The fourth-order valence-electron chi connectivity index (χ4n) is 2.90. The predicted octanol–water partition coefficient (Wildman–Crippen LogP) is 1.65. The zero-order valence-electron chi connectivity index (χ0n) is 13.8. The number of carbonyl (C=O) groups is 1. The second-order valence-corrected chi connectivity index (χ2v) is 5.84. The van der Waals surface area contributed by atoms with Crippen LogP contribution in [0.4, 0.5) is 5.82 Å². The molecular formula is C17H22N4O3. The number of amides is 1. The molecule has 1 fully saturated rings. The van der Waals surface area contributed by atoms with Crippen LogP contribution in [-0.4, -0.2) is 42.8 Å². The lowest BCUT2D eigenvalue weighted by molar-refractivity contribution is -0.125. The largest absolute Gasteiger partial charge is 0.480 e. The van der Waals surface area contributed by atoms with Gasteiger partial charge in [-0.1, -0.05) is 0 Å². The average Bonchev–Trinajstić information content (AvgIpc) is 3.15. The summed E-state index contributed by atoms with van der Waals surface area (Å²) < 4.78 is 10.3. The Morgan fingerprint density at radius 1 is 1.42 bits per heavy atom. The summed E-state index contributed by atoms with van der Waals surface area (Å²) in [7, 11) is 1.56. The molecule has 1 aliphatic heterocycles. The Morgan fingerprint density at radius 3 is 3.04 bits per heavy atom. The number of aromatic nitrogens is 2. The first-order valence-electron chi connectivity index (χ1n) is 8.19. The molecule has 0 unspecified atom stereocenters. The van der Waals surface area contributed by atoms with Gasteiger partial charge in [0, 0.05) is 32.1 Å². The Morgan fingerprint density at radius 2 is 2.33 bits per heavy atom. The Hall–Kier alpha value is -2.57. The van der Waals surface area contributed by atoms with Gasteiger partial charge >= 0.3 is 0 Å². The first-order chi connectivity index (χ1) is 11.8. The molecule has 0 aromatic carbocycles. The lowest BCUT2D eigenvalue weighted by atomic mass is 9.97. The molecule has 0 bridgehead atoms. The molecule has 3 rings (SSSR count). The maximum Gasteiger partial charge on any atom is 0.233 e. The highest BCUT2D eigenvalue weighted by Gasteiger charge is 2.26. The topological polar surface area (TPSA) is 80.5 Å². The number of ether oxygens (including phenoxy) is 1. The average molecular weight is 330 g/mol. The summed E-state index contributed by atoms with van der Waals surface area (Å²) in [5.74, 6) is 2.22. The molecule has 128 valence electrons. The number of anilines is 1. The minimum atomic E-state index is -0.0285. The van der Waals surface area contributed by atoms with Crippen molar-refractivity contribution in [1.82, 2.24) is 15.5 Å². The first kappa shape index (κ1) is 16.3. The van der Waals surface area contributed by atoms with Crippen LogP contribution in [0.3, 0.4) is 0 Å². The van der Waals surface area contributed by atoms with Crippen LogP contribution in [0.1, 0.15) is 18.6 Å². The van der Waals surface area contributed by atoms with Crippen LogP contribution in [0.2, 0.25) is 0 Å². The van der Waals surface area contributed by atoms with E-state index < -0.39 is 0 Å². The zero-order valence-corrected chi connectivity index (χ0v) is 13.8. The van der Waals surface area contributed by atoms with E-state index in [2.05, 4.69) is 20.4 Å². The molecule has 1 amide bonds. The zero-order chi connectivity index (χ0) is 16.8. The van der Waals surface area contributed by atoms with Crippen molar-refractivity contribution in [2.75, 3.05) is 31.6 Å². The summed E-state index contributed by atoms with van der Waals surface area (Å²) in [6.07, 6.45) is 4.21. The van der Waals surface area contributed by atoms with Gasteiger partial charge in [-0.25, -0.2) is 0 Å². The predicted molar refractivity (Wildman–Crippen MR) is 88.9 cm³/mol. The number of nitrogens with zero attached hydrogens (tertiary/aromatic N) is 3. The highest BCUT2D eigenvalue weighted by atomic mass is 16.5. The van der Waals surface area contributed by atoms with Gasteiger partial charge in [0.2, 0.25) is 11.8 Å². The van der Waals surface area contributed by atoms with Crippen LogP contribution in [0, 0.1) is 5.92 Å². The van der Waals surface area contributed by atoms with Crippen molar-refractivity contribution in [3.63, 3.8) is 0 Å². The van der Waals surface area contributed by atoms with Gasteiger partial charge in [0.25, 0.3) is 0 Å². The Kier molecular flexibility index (Phi) is 5.30. The van der Waals surface area contributed by atoms with E-state index in [0.717, 1.165) is 31.0 Å². The van der Waals surface area contributed by atoms with Crippen LogP contribution in [-0.2, 0) is 11.2 Å². The van der Waals surface area contributed by atoms with Crippen LogP contribution >= 0.6 is 0 Å². The van der Waals surface area contributed by atoms with E-state index in [-0.39, 0.29) is 11.8 Å². The van der Waals surface area contributed by atoms with Gasteiger partial charge in [0.1, 0.15) is 5.76 Å². The Bertz CT molecular complexity index is 642. The van der Waals surface area contributed by atoms with Crippen LogP contribution < -0.4 is 15.0 Å². The number of carbonyl (C=O) groups excluding carboxylic acids is 1.